The van der Waals surface area contributed by atoms with Crippen LogP contribution >= 0.6 is 0 Å². The SMILES string of the molecule is CC/C=C\C/C=C\C/C=C\C/C=C\C/C=C\CCCCCCCCCCCCCC(=O)NC(CO)C(O)/C=C/CCCCCCCCCCCCCCCCCCCCCCCCC. The first-order valence-electron chi connectivity index (χ1n) is 28.2. The molecule has 2 atom stereocenters. The number of hydrogen-bond acceptors (Lipinski definition) is 3. The quantitative estimate of drug-likeness (QED) is 0.0421. The summed E-state index contributed by atoms with van der Waals surface area (Å²) in [5.41, 5.74) is 0. The highest BCUT2D eigenvalue weighted by molar-refractivity contribution is 5.76. The molecule has 372 valence electrons. The molecular weight excluding hydrogens is 783 g/mol. The molecule has 0 aliphatic carbocycles. The van der Waals surface area contributed by atoms with Gasteiger partial charge in [-0.1, -0.05) is 286 Å². The Hall–Kier alpha value is -2.17. The van der Waals surface area contributed by atoms with E-state index < -0.39 is 12.1 Å². The van der Waals surface area contributed by atoms with Crippen LogP contribution in [0.5, 0.6) is 0 Å². The number of carbonyl (C=O) groups excluding carboxylic acids is 1. The second-order valence-corrected chi connectivity index (χ2v) is 19.0. The van der Waals surface area contributed by atoms with E-state index in [1.54, 1.807) is 6.08 Å². The van der Waals surface area contributed by atoms with Gasteiger partial charge in [0.2, 0.25) is 5.91 Å². The van der Waals surface area contributed by atoms with E-state index in [-0.39, 0.29) is 12.5 Å². The molecule has 0 bridgehead atoms. The minimum Gasteiger partial charge on any atom is -0.394 e. The van der Waals surface area contributed by atoms with Gasteiger partial charge < -0.3 is 15.5 Å². The first-order valence-corrected chi connectivity index (χ1v) is 28.2. The minimum atomic E-state index is -0.845. The summed E-state index contributed by atoms with van der Waals surface area (Å²) in [5.74, 6) is -0.0670. The second-order valence-electron chi connectivity index (χ2n) is 19.0. The van der Waals surface area contributed by atoms with Crippen molar-refractivity contribution in [3.05, 3.63) is 72.9 Å². The van der Waals surface area contributed by atoms with Crippen LogP contribution in [0.25, 0.3) is 0 Å². The number of unbranched alkanes of at least 4 members (excludes halogenated alkanes) is 34. The van der Waals surface area contributed by atoms with Crippen molar-refractivity contribution in [2.24, 2.45) is 0 Å². The van der Waals surface area contributed by atoms with E-state index in [2.05, 4.69) is 79.9 Å². The highest BCUT2D eigenvalue weighted by Gasteiger charge is 2.18. The molecule has 0 fully saturated rings. The number of rotatable bonds is 51. The molecule has 0 rings (SSSR count). The van der Waals surface area contributed by atoms with Crippen LogP contribution in [0.2, 0.25) is 0 Å². The largest absolute Gasteiger partial charge is 0.394 e. The topological polar surface area (TPSA) is 69.6 Å². The normalized spacial score (nSPS) is 13.4. The van der Waals surface area contributed by atoms with Crippen LogP contribution in [0.3, 0.4) is 0 Å². The molecule has 0 saturated heterocycles. The number of allylic oxidation sites excluding steroid dienone is 11. The number of carbonyl (C=O) groups is 1. The lowest BCUT2D eigenvalue weighted by Gasteiger charge is -2.20. The molecular formula is C60H109NO3. The molecule has 4 nitrogen and oxygen atoms in total. The maximum absolute atomic E-state index is 12.5. The number of amides is 1. The zero-order valence-corrected chi connectivity index (χ0v) is 42.8. The van der Waals surface area contributed by atoms with E-state index in [1.807, 2.05) is 6.08 Å². The standard InChI is InChI=1S/C60H109NO3/c1-3-5-7-9-11-13-15-17-19-21-23-25-27-29-30-32-34-36-38-40-42-44-46-48-50-52-54-56-60(64)61-58(57-62)59(63)55-53-51-49-47-45-43-41-39-37-35-33-31-28-26-24-22-20-18-16-14-12-10-8-6-4-2/h5,7,11,13,17,19,23,25,29-30,53,55,58-59,62-63H,3-4,6,8-10,12,14-16,18,20-22,24,26-28,31-52,54,56-57H2,1-2H3,(H,61,64)/b7-5-,13-11-,19-17-,25-23-,30-29-,55-53+. The van der Waals surface area contributed by atoms with Crippen molar-refractivity contribution >= 4 is 5.91 Å². The summed E-state index contributed by atoms with van der Waals surface area (Å²) < 4.78 is 0. The zero-order chi connectivity index (χ0) is 46.3. The molecule has 2 unspecified atom stereocenters. The van der Waals surface area contributed by atoms with Crippen molar-refractivity contribution in [3.63, 3.8) is 0 Å². The van der Waals surface area contributed by atoms with E-state index >= 15 is 0 Å². The Bertz CT molecular complexity index is 1100. The van der Waals surface area contributed by atoms with Crippen LogP contribution < -0.4 is 5.32 Å². The van der Waals surface area contributed by atoms with Gasteiger partial charge in [-0.3, -0.25) is 4.79 Å². The van der Waals surface area contributed by atoms with Crippen LogP contribution in [0.4, 0.5) is 0 Å². The Labute approximate surface area is 399 Å². The predicted molar refractivity (Wildman–Crippen MR) is 285 cm³/mol. The third kappa shape index (κ3) is 50.8. The number of nitrogens with one attached hydrogen (secondary N) is 1. The second kappa shape index (κ2) is 55.2. The first kappa shape index (κ1) is 61.8. The van der Waals surface area contributed by atoms with E-state index in [9.17, 15) is 15.0 Å². The van der Waals surface area contributed by atoms with Crippen LogP contribution in [0.1, 0.15) is 284 Å². The molecule has 1 amide bonds. The van der Waals surface area contributed by atoms with Gasteiger partial charge in [-0.25, -0.2) is 0 Å². The highest BCUT2D eigenvalue weighted by Crippen LogP contribution is 2.17. The third-order valence-corrected chi connectivity index (χ3v) is 12.7. The lowest BCUT2D eigenvalue weighted by atomic mass is 10.0. The third-order valence-electron chi connectivity index (χ3n) is 12.7. The number of hydrogen-bond donors (Lipinski definition) is 3. The Kier molecular flexibility index (Phi) is 53.3. The summed E-state index contributed by atoms with van der Waals surface area (Å²) >= 11 is 0. The van der Waals surface area contributed by atoms with E-state index in [0.717, 1.165) is 57.8 Å². The summed E-state index contributed by atoms with van der Waals surface area (Å²) in [4.78, 5) is 12.5. The highest BCUT2D eigenvalue weighted by atomic mass is 16.3. The maximum Gasteiger partial charge on any atom is 0.220 e. The lowest BCUT2D eigenvalue weighted by molar-refractivity contribution is -0.123. The van der Waals surface area contributed by atoms with Crippen LogP contribution in [0, 0.1) is 0 Å². The van der Waals surface area contributed by atoms with Gasteiger partial charge in [0.15, 0.2) is 0 Å². The molecule has 0 aromatic heterocycles. The summed E-state index contributed by atoms with van der Waals surface area (Å²) in [6.07, 6.45) is 79.1. The molecule has 0 radical (unpaired) electrons. The molecule has 0 aromatic rings. The fraction of sp³-hybridized carbons (Fsp3) is 0.783. The van der Waals surface area contributed by atoms with Crippen molar-refractivity contribution in [3.8, 4) is 0 Å². The van der Waals surface area contributed by atoms with Gasteiger partial charge in [-0.2, -0.15) is 0 Å². The van der Waals surface area contributed by atoms with Gasteiger partial charge >= 0.3 is 0 Å². The van der Waals surface area contributed by atoms with Gasteiger partial charge in [0.05, 0.1) is 18.8 Å². The summed E-state index contributed by atoms with van der Waals surface area (Å²) in [6, 6.07) is -0.629. The summed E-state index contributed by atoms with van der Waals surface area (Å²) in [7, 11) is 0. The smallest absolute Gasteiger partial charge is 0.220 e. The molecule has 0 saturated carbocycles. The lowest BCUT2D eigenvalue weighted by Crippen LogP contribution is -2.45. The van der Waals surface area contributed by atoms with E-state index in [0.29, 0.717) is 6.42 Å². The molecule has 0 aliphatic rings. The van der Waals surface area contributed by atoms with E-state index in [4.69, 9.17) is 0 Å². The minimum absolute atomic E-state index is 0.0670. The van der Waals surface area contributed by atoms with Crippen molar-refractivity contribution in [2.75, 3.05) is 6.61 Å². The Balaban J connectivity index is 3.53. The van der Waals surface area contributed by atoms with Gasteiger partial charge in [-0.15, -0.1) is 0 Å². The van der Waals surface area contributed by atoms with Gasteiger partial charge in [0.1, 0.15) is 0 Å². The van der Waals surface area contributed by atoms with Crippen molar-refractivity contribution < 1.29 is 15.0 Å². The summed E-state index contributed by atoms with van der Waals surface area (Å²) in [5, 5.41) is 23.2. The van der Waals surface area contributed by atoms with Crippen molar-refractivity contribution in [1.82, 2.24) is 5.32 Å². The van der Waals surface area contributed by atoms with Gasteiger partial charge in [-0.05, 0) is 64.2 Å². The van der Waals surface area contributed by atoms with Gasteiger partial charge in [0.25, 0.3) is 0 Å². The zero-order valence-electron chi connectivity index (χ0n) is 42.8. The average Bonchev–Trinajstić information content (AvgIpc) is 3.30. The molecule has 4 heteroatoms. The Morgan fingerprint density at radius 1 is 0.391 bits per heavy atom. The summed E-state index contributed by atoms with van der Waals surface area (Å²) in [6.45, 7) is 4.22. The molecule has 64 heavy (non-hydrogen) atoms. The van der Waals surface area contributed by atoms with Crippen LogP contribution in [0.15, 0.2) is 72.9 Å². The molecule has 3 N–H and O–H groups in total. The van der Waals surface area contributed by atoms with Crippen LogP contribution in [-0.4, -0.2) is 34.9 Å². The van der Waals surface area contributed by atoms with Crippen molar-refractivity contribution in [2.45, 2.75) is 296 Å². The van der Waals surface area contributed by atoms with Crippen LogP contribution in [-0.2, 0) is 4.79 Å². The number of aliphatic hydroxyl groups is 2. The fourth-order valence-corrected chi connectivity index (χ4v) is 8.44. The van der Waals surface area contributed by atoms with Gasteiger partial charge in [0, 0.05) is 6.42 Å². The predicted octanol–water partition coefficient (Wildman–Crippen LogP) is 18.6. The maximum atomic E-state index is 12.5. The monoisotopic (exact) mass is 892 g/mol. The molecule has 0 aliphatic heterocycles. The van der Waals surface area contributed by atoms with Crippen molar-refractivity contribution in [1.29, 1.82) is 0 Å². The Morgan fingerprint density at radius 3 is 1.03 bits per heavy atom. The molecule has 0 heterocycles. The molecule has 0 spiro atoms. The average molecular weight is 893 g/mol. The van der Waals surface area contributed by atoms with E-state index in [1.165, 1.54) is 205 Å². The molecule has 0 aromatic carbocycles. The number of aliphatic hydroxyl groups excluding tert-OH is 2. The Morgan fingerprint density at radius 2 is 0.688 bits per heavy atom. The first-order chi connectivity index (χ1) is 31.7. The fourth-order valence-electron chi connectivity index (χ4n) is 8.44.